The quantitative estimate of drug-likeness (QED) is 0.246. The number of pyridine rings is 1. The minimum atomic E-state index is -0.649. The fourth-order valence-electron chi connectivity index (χ4n) is 7.17. The Labute approximate surface area is 276 Å². The van der Waals surface area contributed by atoms with Crippen LogP contribution >= 0.6 is 27.7 Å². The van der Waals surface area contributed by atoms with E-state index in [0.717, 1.165) is 29.4 Å². The number of aryl methyl sites for hydroxylation is 1. The van der Waals surface area contributed by atoms with Gasteiger partial charge in [-0.2, -0.15) is 5.26 Å². The molecule has 2 aromatic heterocycles. The third-order valence-corrected chi connectivity index (χ3v) is 10.7. The fraction of sp³-hybridized carbons (Fsp3) is 0.576. The van der Waals surface area contributed by atoms with E-state index in [0.29, 0.717) is 33.4 Å². The fourth-order valence-corrected chi connectivity index (χ4v) is 8.23. The molecule has 242 valence electrons. The Hall–Kier alpha value is -3.04. The van der Waals surface area contributed by atoms with Crippen LogP contribution in [-0.2, 0) is 15.9 Å². The lowest BCUT2D eigenvalue weighted by Gasteiger charge is -2.33. The lowest BCUT2D eigenvalue weighted by molar-refractivity contribution is 0.0223. The number of nitriles is 1. The van der Waals surface area contributed by atoms with Crippen LogP contribution in [0.5, 0.6) is 0 Å². The Bertz CT molecular complexity index is 1700. The molecule has 0 spiro atoms. The molecule has 5 rings (SSSR count). The van der Waals surface area contributed by atoms with Crippen molar-refractivity contribution in [3.63, 3.8) is 0 Å². The third kappa shape index (κ3) is 5.86. The minimum absolute atomic E-state index is 0.00608. The van der Waals surface area contributed by atoms with Crippen LogP contribution in [0.2, 0.25) is 0 Å². The maximum Gasteiger partial charge on any atom is 0.410 e. The number of amides is 2. The van der Waals surface area contributed by atoms with Crippen LogP contribution in [0, 0.1) is 23.1 Å². The number of hydrogen-bond acceptors (Lipinski definition) is 7. The molecule has 12 heteroatoms. The molecule has 0 aliphatic carbocycles. The van der Waals surface area contributed by atoms with E-state index < -0.39 is 17.5 Å². The van der Waals surface area contributed by atoms with Gasteiger partial charge >= 0.3 is 12.2 Å². The van der Waals surface area contributed by atoms with Crippen molar-refractivity contribution in [3.8, 4) is 6.07 Å². The van der Waals surface area contributed by atoms with Crippen LogP contribution in [0.4, 0.5) is 14.0 Å². The smallest absolute Gasteiger partial charge is 0.410 e. The van der Waals surface area contributed by atoms with Gasteiger partial charge in [-0.1, -0.05) is 6.92 Å². The maximum absolute atomic E-state index is 16.1. The number of hydrogen-bond donors (Lipinski definition) is 0. The summed E-state index contributed by atoms with van der Waals surface area (Å²) in [4.78, 5) is 35.0. The van der Waals surface area contributed by atoms with E-state index in [4.69, 9.17) is 14.5 Å². The molecule has 2 saturated heterocycles. The summed E-state index contributed by atoms with van der Waals surface area (Å²) in [5.41, 5.74) is 1.98. The van der Waals surface area contributed by atoms with Gasteiger partial charge in [-0.25, -0.2) is 19.0 Å². The van der Waals surface area contributed by atoms with Gasteiger partial charge in [-0.15, -0.1) is 11.8 Å². The summed E-state index contributed by atoms with van der Waals surface area (Å²) in [6.45, 7) is 12.2. The van der Waals surface area contributed by atoms with E-state index in [1.165, 1.54) is 18.9 Å². The number of methoxy groups -OCH3 is 1. The monoisotopic (exact) mass is 701 g/mol. The van der Waals surface area contributed by atoms with Crippen molar-refractivity contribution >= 4 is 61.7 Å². The number of halogens is 2. The molecule has 0 saturated carbocycles. The van der Waals surface area contributed by atoms with Gasteiger partial charge < -0.3 is 18.9 Å². The van der Waals surface area contributed by atoms with Gasteiger partial charge in [0.2, 0.25) is 0 Å². The van der Waals surface area contributed by atoms with Crippen LogP contribution < -0.4 is 0 Å². The van der Waals surface area contributed by atoms with E-state index in [2.05, 4.69) is 39.6 Å². The average molecular weight is 703 g/mol. The van der Waals surface area contributed by atoms with E-state index in [-0.39, 0.29) is 48.1 Å². The third-order valence-electron chi connectivity index (χ3n) is 9.10. The molecule has 2 amide bonds. The summed E-state index contributed by atoms with van der Waals surface area (Å²) in [7, 11) is 1.40. The number of benzene rings is 1. The van der Waals surface area contributed by atoms with Gasteiger partial charge in [-0.05, 0) is 99.7 Å². The Morgan fingerprint density at radius 3 is 2.51 bits per heavy atom. The zero-order chi connectivity index (χ0) is 33.0. The Morgan fingerprint density at radius 2 is 1.89 bits per heavy atom. The first-order valence-corrected chi connectivity index (χ1v) is 17.4. The van der Waals surface area contributed by atoms with Gasteiger partial charge in [0.15, 0.2) is 5.82 Å². The van der Waals surface area contributed by atoms with Crippen molar-refractivity contribution in [1.29, 1.82) is 5.26 Å². The van der Waals surface area contributed by atoms with Crippen molar-refractivity contribution in [2.24, 2.45) is 5.92 Å². The van der Waals surface area contributed by atoms with Crippen LogP contribution in [0.15, 0.2) is 21.6 Å². The zero-order valence-corrected chi connectivity index (χ0v) is 29.5. The Morgan fingerprint density at radius 1 is 1.18 bits per heavy atom. The predicted octanol–water partition coefficient (Wildman–Crippen LogP) is 8.38. The highest BCUT2D eigenvalue weighted by Gasteiger charge is 2.46. The lowest BCUT2D eigenvalue weighted by atomic mass is 9.99. The first kappa shape index (κ1) is 33.3. The molecule has 3 aromatic rings. The van der Waals surface area contributed by atoms with Gasteiger partial charge in [0, 0.05) is 35.5 Å². The number of nitrogens with zero attached hydrogens (tertiary/aromatic N) is 5. The van der Waals surface area contributed by atoms with Gasteiger partial charge in [0.1, 0.15) is 16.1 Å². The molecule has 9 nitrogen and oxygen atoms in total. The summed E-state index contributed by atoms with van der Waals surface area (Å²) in [5, 5.41) is 11.5. The van der Waals surface area contributed by atoms with Gasteiger partial charge in [0.05, 0.1) is 41.3 Å². The summed E-state index contributed by atoms with van der Waals surface area (Å²) >= 11 is 4.88. The highest BCUT2D eigenvalue weighted by molar-refractivity contribution is 9.10. The van der Waals surface area contributed by atoms with Crippen LogP contribution in [0.3, 0.4) is 0 Å². The predicted molar refractivity (Wildman–Crippen MR) is 177 cm³/mol. The molecule has 0 bridgehead atoms. The number of likely N-dealkylation sites (tertiary alicyclic amines) is 2. The zero-order valence-electron chi connectivity index (χ0n) is 27.1. The molecule has 0 radical (unpaired) electrons. The molecule has 45 heavy (non-hydrogen) atoms. The molecule has 5 atom stereocenters. The largest absolute Gasteiger partial charge is 0.453 e. The normalized spacial score (nSPS) is 23.6. The highest BCUT2D eigenvalue weighted by Crippen LogP contribution is 2.47. The van der Waals surface area contributed by atoms with Crippen molar-refractivity contribution in [2.45, 2.75) is 102 Å². The van der Waals surface area contributed by atoms with Crippen molar-refractivity contribution < 1.29 is 23.5 Å². The highest BCUT2D eigenvalue weighted by atomic mass is 79.9. The molecule has 0 unspecified atom stereocenters. The molecule has 0 N–H and O–H groups in total. The second-order valence-electron chi connectivity index (χ2n) is 13.2. The van der Waals surface area contributed by atoms with Crippen molar-refractivity contribution in [1.82, 2.24) is 19.4 Å². The number of carbonyl (C=O) groups excluding carboxylic acids is 2. The van der Waals surface area contributed by atoms with Crippen LogP contribution in [0.1, 0.15) is 84.1 Å². The lowest BCUT2D eigenvalue weighted by Crippen LogP contribution is -2.41. The maximum atomic E-state index is 16.1. The van der Waals surface area contributed by atoms with E-state index in [1.807, 2.05) is 46.9 Å². The Kier molecular flexibility index (Phi) is 9.35. The van der Waals surface area contributed by atoms with E-state index >= 15 is 4.39 Å². The topological polar surface area (TPSA) is 101 Å². The summed E-state index contributed by atoms with van der Waals surface area (Å²) in [6, 6.07) is 5.38. The second-order valence-corrected chi connectivity index (χ2v) is 14.8. The summed E-state index contributed by atoms with van der Waals surface area (Å²) in [6.07, 6.45) is 3.29. The molecular weight excluding hydrogens is 661 g/mol. The number of ether oxygens (including phenoxy) is 2. The second kappa shape index (κ2) is 12.6. The summed E-state index contributed by atoms with van der Waals surface area (Å²) in [5.74, 6) is -0.466. The number of aromatic nitrogens is 2. The SMILES string of the molecule is COC(=O)N1[C@H](C)CC[C@@H]1c1cc2c(SC)nc3c(F)c(Br)c(CCC#N)cc3c2n1[C@H]1[C@H](C)CN(C(=O)OC(C)(C)C)[C@@H]1C. The summed E-state index contributed by atoms with van der Waals surface area (Å²) < 4.78 is 29.7. The van der Waals surface area contributed by atoms with E-state index in [9.17, 15) is 14.9 Å². The Balaban J connectivity index is 1.84. The first-order valence-electron chi connectivity index (χ1n) is 15.4. The molecule has 2 aliphatic rings. The number of rotatable bonds is 5. The van der Waals surface area contributed by atoms with Crippen LogP contribution in [0.25, 0.3) is 21.8 Å². The molecule has 4 heterocycles. The minimum Gasteiger partial charge on any atom is -0.453 e. The molecule has 2 fully saturated rings. The van der Waals surface area contributed by atoms with Gasteiger partial charge in [0.25, 0.3) is 0 Å². The molecule has 2 aliphatic heterocycles. The average Bonchev–Trinajstić information content (AvgIpc) is 3.64. The van der Waals surface area contributed by atoms with E-state index in [1.54, 1.807) is 9.80 Å². The van der Waals surface area contributed by atoms with Crippen LogP contribution in [-0.4, -0.2) is 69.1 Å². The number of thioether (sulfide) groups is 1. The van der Waals surface area contributed by atoms with Crippen molar-refractivity contribution in [2.75, 3.05) is 19.9 Å². The van der Waals surface area contributed by atoms with Crippen molar-refractivity contribution in [3.05, 3.63) is 33.7 Å². The molecule has 1 aromatic carbocycles. The van der Waals surface area contributed by atoms with Gasteiger partial charge in [-0.3, -0.25) is 4.90 Å². The first-order chi connectivity index (χ1) is 21.2. The standard InChI is InChI=1S/C33H41BrFN5O4S/c1-17-16-38(31(41)44-33(4,5)6)19(3)28(17)40-24(23-12-11-18(2)39(23)32(42)43-7)15-22-29(40)21-14-20(10-9-13-36)25(34)26(35)27(21)37-30(22)45-8/h14-15,17-19,23,28H,9-12,16H2,1-8H3/t17-,18-,19-,23-,28+/m1/s1. The number of carbonyl (C=O) groups is 2. The molecular formula is C33H41BrFN5O4S. The number of fused-ring (bicyclic) bond motifs is 3.